The van der Waals surface area contributed by atoms with Crippen molar-refractivity contribution in [1.82, 2.24) is 9.97 Å². The minimum absolute atomic E-state index is 0.0377. The second-order valence-electron chi connectivity index (χ2n) is 3.38. The van der Waals surface area contributed by atoms with Gasteiger partial charge in [0.2, 0.25) is 11.8 Å². The summed E-state index contributed by atoms with van der Waals surface area (Å²) in [5.41, 5.74) is 6.14. The first-order valence-corrected chi connectivity index (χ1v) is 5.16. The van der Waals surface area contributed by atoms with Gasteiger partial charge >= 0.3 is 0 Å². The molecule has 4 nitrogen and oxygen atoms in total. The van der Waals surface area contributed by atoms with Gasteiger partial charge in [-0.25, -0.2) is 9.37 Å². The first-order chi connectivity index (χ1) is 8.04. The Bertz CT molecular complexity index is 542. The van der Waals surface area contributed by atoms with Gasteiger partial charge in [0.05, 0.1) is 5.02 Å². The summed E-state index contributed by atoms with van der Waals surface area (Å²) >= 11 is 5.56. The van der Waals surface area contributed by atoms with E-state index >= 15 is 0 Å². The van der Waals surface area contributed by atoms with Gasteiger partial charge in [0.15, 0.2) is 0 Å². The lowest BCUT2D eigenvalue weighted by molar-refractivity contribution is 0.457. The Morgan fingerprint density at radius 2 is 2.06 bits per heavy atom. The molecule has 2 N–H and O–H groups in total. The molecule has 0 aliphatic carbocycles. The minimum atomic E-state index is -0.553. The Balaban J connectivity index is 2.28. The number of nitrogens with two attached hydrogens (primary N) is 1. The Kier molecular flexibility index (Phi) is 3.10. The quantitative estimate of drug-likeness (QED) is 0.894. The number of nitrogen functional groups attached to an aromatic ring is 1. The zero-order chi connectivity index (χ0) is 12.4. The van der Waals surface area contributed by atoms with Crippen LogP contribution in [0.5, 0.6) is 11.6 Å². The predicted octanol–water partition coefficient (Wildman–Crippen LogP) is 2.95. The fourth-order valence-corrected chi connectivity index (χ4v) is 1.39. The van der Waals surface area contributed by atoms with Gasteiger partial charge in [-0.15, -0.1) is 0 Å². The maximum absolute atomic E-state index is 13.2. The summed E-state index contributed by atoms with van der Waals surface area (Å²) < 4.78 is 18.5. The molecule has 0 bridgehead atoms. The first-order valence-electron chi connectivity index (χ1n) is 4.78. The molecule has 1 heterocycles. The highest BCUT2D eigenvalue weighted by molar-refractivity contribution is 6.30. The Labute approximate surface area is 102 Å². The number of ether oxygens (including phenoxy) is 1. The maximum atomic E-state index is 13.2. The summed E-state index contributed by atoms with van der Waals surface area (Å²) in [5, 5.41) is 0.0377. The summed E-state index contributed by atoms with van der Waals surface area (Å²) in [6, 6.07) is 5.72. The van der Waals surface area contributed by atoms with Crippen LogP contribution in [0.2, 0.25) is 5.02 Å². The summed E-state index contributed by atoms with van der Waals surface area (Å²) in [6.07, 6.45) is 0. The Morgan fingerprint density at radius 1 is 1.29 bits per heavy atom. The fraction of sp³-hybridized carbons (Fsp3) is 0.0909. The Hall–Kier alpha value is -1.88. The number of anilines is 1. The van der Waals surface area contributed by atoms with E-state index < -0.39 is 5.82 Å². The SMILES string of the molecule is Cc1cc(Oc2ccc(Cl)c(F)c2)nc(N)n1. The third-order valence-corrected chi connectivity index (χ3v) is 2.27. The third kappa shape index (κ3) is 2.82. The van der Waals surface area contributed by atoms with Crippen LogP contribution in [-0.4, -0.2) is 9.97 Å². The molecular weight excluding hydrogens is 245 g/mol. The number of hydrogen-bond acceptors (Lipinski definition) is 4. The van der Waals surface area contributed by atoms with Crippen LogP contribution >= 0.6 is 11.6 Å². The van der Waals surface area contributed by atoms with E-state index in [-0.39, 0.29) is 16.9 Å². The number of aromatic nitrogens is 2. The van der Waals surface area contributed by atoms with Crippen molar-refractivity contribution in [1.29, 1.82) is 0 Å². The zero-order valence-electron chi connectivity index (χ0n) is 8.95. The number of rotatable bonds is 2. The number of benzene rings is 1. The lowest BCUT2D eigenvalue weighted by atomic mass is 10.3. The first kappa shape index (κ1) is 11.6. The van der Waals surface area contributed by atoms with Gasteiger partial charge in [-0.05, 0) is 19.1 Å². The molecule has 0 amide bonds. The van der Waals surface area contributed by atoms with E-state index in [9.17, 15) is 4.39 Å². The average Bonchev–Trinajstić information content (AvgIpc) is 2.22. The van der Waals surface area contributed by atoms with Crippen molar-refractivity contribution in [3.8, 4) is 11.6 Å². The average molecular weight is 254 g/mol. The molecule has 1 aromatic heterocycles. The molecule has 0 atom stereocenters. The number of halogens is 2. The molecule has 0 radical (unpaired) electrons. The summed E-state index contributed by atoms with van der Waals surface area (Å²) in [5.74, 6) is 0.110. The molecule has 0 unspecified atom stereocenters. The lowest BCUT2D eigenvalue weighted by Gasteiger charge is -2.06. The normalized spacial score (nSPS) is 10.3. The van der Waals surface area contributed by atoms with Crippen molar-refractivity contribution in [2.75, 3.05) is 5.73 Å². The molecule has 0 fully saturated rings. The topological polar surface area (TPSA) is 61.0 Å². The highest BCUT2D eigenvalue weighted by Crippen LogP contribution is 2.24. The van der Waals surface area contributed by atoms with E-state index in [2.05, 4.69) is 9.97 Å². The standard InChI is InChI=1S/C11H9ClFN3O/c1-6-4-10(16-11(14)15-6)17-7-2-3-8(12)9(13)5-7/h2-5H,1H3,(H2,14,15,16). The lowest BCUT2D eigenvalue weighted by Crippen LogP contribution is -1.98. The molecule has 6 heteroatoms. The minimum Gasteiger partial charge on any atom is -0.439 e. The van der Waals surface area contributed by atoms with Crippen LogP contribution in [0.4, 0.5) is 10.3 Å². The predicted molar refractivity (Wildman–Crippen MR) is 62.7 cm³/mol. The van der Waals surface area contributed by atoms with Gasteiger partial charge in [0.1, 0.15) is 11.6 Å². The Morgan fingerprint density at radius 3 is 2.71 bits per heavy atom. The van der Waals surface area contributed by atoms with Crippen molar-refractivity contribution < 1.29 is 9.13 Å². The molecule has 0 aliphatic heterocycles. The summed E-state index contributed by atoms with van der Waals surface area (Å²) in [6.45, 7) is 1.76. The van der Waals surface area contributed by atoms with Crippen LogP contribution in [0.15, 0.2) is 24.3 Å². The van der Waals surface area contributed by atoms with Crippen LogP contribution in [0.1, 0.15) is 5.69 Å². The van der Waals surface area contributed by atoms with Gasteiger partial charge < -0.3 is 10.5 Å². The van der Waals surface area contributed by atoms with Gasteiger partial charge in [-0.1, -0.05) is 11.6 Å². The highest BCUT2D eigenvalue weighted by Gasteiger charge is 2.05. The van der Waals surface area contributed by atoms with Gasteiger partial charge in [-0.3, -0.25) is 0 Å². The van der Waals surface area contributed by atoms with Gasteiger partial charge in [-0.2, -0.15) is 4.98 Å². The number of hydrogen-bond donors (Lipinski definition) is 1. The van der Waals surface area contributed by atoms with Crippen molar-refractivity contribution in [3.05, 3.63) is 40.8 Å². The molecule has 1 aromatic carbocycles. The van der Waals surface area contributed by atoms with Crippen LogP contribution < -0.4 is 10.5 Å². The van der Waals surface area contributed by atoms with Crippen LogP contribution in [0.25, 0.3) is 0 Å². The summed E-state index contributed by atoms with van der Waals surface area (Å²) in [7, 11) is 0. The van der Waals surface area contributed by atoms with E-state index in [0.717, 1.165) is 0 Å². The maximum Gasteiger partial charge on any atom is 0.224 e. The van der Waals surface area contributed by atoms with E-state index in [1.165, 1.54) is 12.1 Å². The molecule has 0 saturated carbocycles. The number of aryl methyl sites for hydroxylation is 1. The van der Waals surface area contributed by atoms with E-state index in [1.54, 1.807) is 19.1 Å². The van der Waals surface area contributed by atoms with E-state index in [4.69, 9.17) is 22.1 Å². The number of nitrogens with zero attached hydrogens (tertiary/aromatic N) is 2. The molecule has 2 rings (SSSR count). The molecule has 0 aliphatic rings. The molecule has 0 spiro atoms. The van der Waals surface area contributed by atoms with Crippen molar-refractivity contribution in [3.63, 3.8) is 0 Å². The van der Waals surface area contributed by atoms with Crippen molar-refractivity contribution >= 4 is 17.5 Å². The fourth-order valence-electron chi connectivity index (χ4n) is 1.28. The molecule has 0 saturated heterocycles. The van der Waals surface area contributed by atoms with Crippen LogP contribution in [-0.2, 0) is 0 Å². The van der Waals surface area contributed by atoms with Crippen molar-refractivity contribution in [2.24, 2.45) is 0 Å². The van der Waals surface area contributed by atoms with Gasteiger partial charge in [0, 0.05) is 17.8 Å². The second-order valence-corrected chi connectivity index (χ2v) is 3.79. The smallest absolute Gasteiger partial charge is 0.224 e. The largest absolute Gasteiger partial charge is 0.439 e. The van der Waals surface area contributed by atoms with E-state index in [0.29, 0.717) is 11.4 Å². The molecular formula is C11H9ClFN3O. The second kappa shape index (κ2) is 4.55. The van der Waals surface area contributed by atoms with Crippen molar-refractivity contribution in [2.45, 2.75) is 6.92 Å². The molecule has 17 heavy (non-hydrogen) atoms. The van der Waals surface area contributed by atoms with Gasteiger partial charge in [0.25, 0.3) is 0 Å². The molecule has 2 aromatic rings. The molecule has 88 valence electrons. The monoisotopic (exact) mass is 253 g/mol. The zero-order valence-corrected chi connectivity index (χ0v) is 9.70. The highest BCUT2D eigenvalue weighted by atomic mass is 35.5. The summed E-state index contributed by atoms with van der Waals surface area (Å²) in [4.78, 5) is 7.77. The van der Waals surface area contributed by atoms with Crippen LogP contribution in [0, 0.1) is 12.7 Å². The van der Waals surface area contributed by atoms with E-state index in [1.807, 2.05) is 0 Å². The third-order valence-electron chi connectivity index (χ3n) is 1.96. The van der Waals surface area contributed by atoms with Crippen LogP contribution in [0.3, 0.4) is 0 Å².